The Hall–Kier alpha value is -1.37. The van der Waals surface area contributed by atoms with Gasteiger partial charge >= 0.3 is 0 Å². The minimum Gasteiger partial charge on any atom is -0.295 e. The Morgan fingerprint density at radius 1 is 0.914 bits per heavy atom. The van der Waals surface area contributed by atoms with E-state index >= 15 is 0 Å². The monoisotopic (exact) mass is 474 g/mol. The molecule has 0 amide bonds. The van der Waals surface area contributed by atoms with Crippen LogP contribution in [0.2, 0.25) is 0 Å². The number of fused-ring (bicyclic) bond motifs is 5. The average Bonchev–Trinajstić information content (AvgIpc) is 2.97. The average molecular weight is 475 g/mol. The summed E-state index contributed by atoms with van der Waals surface area (Å²) in [6.07, 6.45) is 28.7. The fourth-order valence-electron chi connectivity index (χ4n) is 9.93. The lowest BCUT2D eigenvalue weighted by atomic mass is 9.44. The molecule has 5 aliphatic carbocycles. The number of carbonyl (C=O) groups excluding carboxylic acids is 1. The quantitative estimate of drug-likeness (QED) is 0.375. The van der Waals surface area contributed by atoms with Gasteiger partial charge in [-0.3, -0.25) is 4.79 Å². The summed E-state index contributed by atoms with van der Waals surface area (Å²) >= 11 is 0. The molecule has 5 rings (SSSR count). The van der Waals surface area contributed by atoms with E-state index in [2.05, 4.69) is 77.2 Å². The molecule has 5 aliphatic rings. The van der Waals surface area contributed by atoms with Gasteiger partial charge in [-0.25, -0.2) is 0 Å². The van der Waals surface area contributed by atoms with Gasteiger partial charge in [-0.15, -0.1) is 0 Å². The van der Waals surface area contributed by atoms with E-state index in [1.165, 1.54) is 56.9 Å². The third kappa shape index (κ3) is 4.48. The molecule has 0 aromatic carbocycles. The van der Waals surface area contributed by atoms with Gasteiger partial charge in [0, 0.05) is 12.3 Å². The Labute approximate surface area is 215 Å². The summed E-state index contributed by atoms with van der Waals surface area (Å²) in [4.78, 5) is 12.7. The van der Waals surface area contributed by atoms with Gasteiger partial charge in [0.2, 0.25) is 0 Å². The van der Waals surface area contributed by atoms with Gasteiger partial charge in [0.25, 0.3) is 0 Å². The molecule has 0 aliphatic heterocycles. The lowest BCUT2D eigenvalue weighted by molar-refractivity contribution is -0.118. The van der Waals surface area contributed by atoms with Gasteiger partial charge in [0.1, 0.15) is 0 Å². The first-order valence-electron chi connectivity index (χ1n) is 15.0. The SMILES string of the molecule is CC(C)CCC[C@@H](C)[C@H]1CC[C@H]2[C@@H]3C[C@H](C4C=CC=CC=C4)C4=CC(=O)CC[C@]4(C)[C@H]3CC[C@]12C. The number of allylic oxidation sites excluding steroid dienone is 7. The second-order valence-electron chi connectivity index (χ2n) is 14.0. The van der Waals surface area contributed by atoms with Gasteiger partial charge in [0.15, 0.2) is 5.78 Å². The summed E-state index contributed by atoms with van der Waals surface area (Å²) in [5, 5.41) is 0. The molecule has 0 bridgehead atoms. The van der Waals surface area contributed by atoms with Crippen LogP contribution in [0.4, 0.5) is 0 Å². The first kappa shape index (κ1) is 25.3. The lowest BCUT2D eigenvalue weighted by Crippen LogP contribution is -2.53. The van der Waals surface area contributed by atoms with Crippen molar-refractivity contribution < 1.29 is 4.79 Å². The van der Waals surface area contributed by atoms with Gasteiger partial charge in [-0.05, 0) is 96.9 Å². The van der Waals surface area contributed by atoms with Crippen LogP contribution in [0.15, 0.2) is 48.1 Å². The maximum absolute atomic E-state index is 12.7. The van der Waals surface area contributed by atoms with Crippen LogP contribution in [-0.4, -0.2) is 5.78 Å². The maximum Gasteiger partial charge on any atom is 0.155 e. The zero-order valence-corrected chi connectivity index (χ0v) is 23.1. The molecule has 0 aromatic heterocycles. The van der Waals surface area contributed by atoms with Crippen LogP contribution in [0.3, 0.4) is 0 Å². The second-order valence-corrected chi connectivity index (χ2v) is 14.0. The molecule has 0 radical (unpaired) electrons. The van der Waals surface area contributed by atoms with Gasteiger partial charge < -0.3 is 0 Å². The van der Waals surface area contributed by atoms with Crippen molar-refractivity contribution in [3.63, 3.8) is 0 Å². The highest BCUT2D eigenvalue weighted by Gasteiger charge is 2.61. The lowest BCUT2D eigenvalue weighted by Gasteiger charge is -2.61. The minimum absolute atomic E-state index is 0.213. The highest BCUT2D eigenvalue weighted by Crippen LogP contribution is 2.69. The molecule has 0 unspecified atom stereocenters. The number of hydrogen-bond acceptors (Lipinski definition) is 1. The number of rotatable bonds is 6. The van der Waals surface area contributed by atoms with Crippen LogP contribution in [0.1, 0.15) is 98.8 Å². The Morgan fingerprint density at radius 3 is 2.37 bits per heavy atom. The first-order chi connectivity index (χ1) is 16.7. The van der Waals surface area contributed by atoms with Crippen LogP contribution in [0.25, 0.3) is 0 Å². The molecule has 0 saturated heterocycles. The van der Waals surface area contributed by atoms with Crippen LogP contribution < -0.4 is 0 Å². The molecule has 1 heteroatoms. The van der Waals surface area contributed by atoms with Crippen molar-refractivity contribution in [3.05, 3.63) is 48.1 Å². The predicted molar refractivity (Wildman–Crippen MR) is 148 cm³/mol. The molecule has 3 fully saturated rings. The predicted octanol–water partition coefficient (Wildman–Crippen LogP) is 9.12. The number of hydrogen-bond donors (Lipinski definition) is 0. The van der Waals surface area contributed by atoms with Gasteiger partial charge in [-0.2, -0.15) is 0 Å². The van der Waals surface area contributed by atoms with E-state index in [4.69, 9.17) is 0 Å². The van der Waals surface area contributed by atoms with Crippen molar-refractivity contribution in [2.24, 2.45) is 58.2 Å². The first-order valence-corrected chi connectivity index (χ1v) is 15.0. The van der Waals surface area contributed by atoms with Gasteiger partial charge in [0.05, 0.1) is 0 Å². The molecule has 0 aromatic rings. The summed E-state index contributed by atoms with van der Waals surface area (Å²) in [6, 6.07) is 0. The van der Waals surface area contributed by atoms with Crippen LogP contribution in [-0.2, 0) is 4.79 Å². The Bertz CT molecular complexity index is 901. The van der Waals surface area contributed by atoms with Crippen molar-refractivity contribution >= 4 is 5.78 Å². The number of ketones is 1. The van der Waals surface area contributed by atoms with E-state index in [1.54, 1.807) is 0 Å². The molecule has 0 N–H and O–H groups in total. The molecular weight excluding hydrogens is 424 g/mol. The largest absolute Gasteiger partial charge is 0.295 e. The normalized spacial score (nSPS) is 41.8. The molecule has 1 nitrogen and oxygen atoms in total. The third-order valence-corrected chi connectivity index (χ3v) is 11.7. The minimum atomic E-state index is 0.213. The van der Waals surface area contributed by atoms with E-state index < -0.39 is 0 Å². The van der Waals surface area contributed by atoms with E-state index in [1.807, 2.05) is 0 Å². The topological polar surface area (TPSA) is 17.1 Å². The summed E-state index contributed by atoms with van der Waals surface area (Å²) in [5.41, 5.74) is 2.24. The van der Waals surface area contributed by atoms with Crippen molar-refractivity contribution in [2.75, 3.05) is 0 Å². The zero-order valence-electron chi connectivity index (χ0n) is 23.1. The van der Waals surface area contributed by atoms with Crippen molar-refractivity contribution in [3.8, 4) is 0 Å². The second kappa shape index (κ2) is 9.83. The van der Waals surface area contributed by atoms with Crippen molar-refractivity contribution in [1.82, 2.24) is 0 Å². The van der Waals surface area contributed by atoms with Crippen LogP contribution in [0, 0.1) is 58.2 Å². The van der Waals surface area contributed by atoms with Crippen LogP contribution in [0.5, 0.6) is 0 Å². The number of carbonyl (C=O) groups is 1. The zero-order chi connectivity index (χ0) is 24.8. The molecule has 8 atom stereocenters. The highest BCUT2D eigenvalue weighted by atomic mass is 16.1. The van der Waals surface area contributed by atoms with E-state index in [-0.39, 0.29) is 5.41 Å². The fraction of sp³-hybridized carbons (Fsp3) is 0.735. The van der Waals surface area contributed by atoms with Crippen LogP contribution >= 0.6 is 0 Å². The molecule has 35 heavy (non-hydrogen) atoms. The summed E-state index contributed by atoms with van der Waals surface area (Å²) in [6.45, 7) is 12.6. The molecule has 0 spiro atoms. The maximum atomic E-state index is 12.7. The Balaban J connectivity index is 1.43. The van der Waals surface area contributed by atoms with E-state index in [9.17, 15) is 4.79 Å². The molecular formula is C34H50O. The summed E-state index contributed by atoms with van der Waals surface area (Å²) in [7, 11) is 0. The van der Waals surface area contributed by atoms with Crippen molar-refractivity contribution in [2.45, 2.75) is 98.8 Å². The Morgan fingerprint density at radius 2 is 1.66 bits per heavy atom. The highest BCUT2D eigenvalue weighted by molar-refractivity contribution is 5.91. The van der Waals surface area contributed by atoms with E-state index in [0.717, 1.165) is 48.3 Å². The smallest absolute Gasteiger partial charge is 0.155 e. The molecule has 3 saturated carbocycles. The Kier molecular flexibility index (Phi) is 7.10. The summed E-state index contributed by atoms with van der Waals surface area (Å²) < 4.78 is 0. The molecule has 0 heterocycles. The third-order valence-electron chi connectivity index (χ3n) is 11.7. The standard InChI is InChI=1S/C34H50O/c1-23(2)11-10-12-24(3)29-15-16-30-28-22-27(25-13-8-6-7-9-14-25)32-21-26(35)17-19-34(32,5)31(28)18-20-33(29,30)4/h6-9,13-14,21,23-25,27-31H,10-12,15-20,22H2,1-5H3/t24-,27-,28+,29-,30+,31+,33-,34-/m1/s1. The summed E-state index contributed by atoms with van der Waals surface area (Å²) in [5.74, 6) is 6.33. The van der Waals surface area contributed by atoms with E-state index in [0.29, 0.717) is 23.0 Å². The molecule has 192 valence electrons. The fourth-order valence-corrected chi connectivity index (χ4v) is 9.93. The van der Waals surface area contributed by atoms with Crippen molar-refractivity contribution in [1.29, 1.82) is 0 Å². The van der Waals surface area contributed by atoms with Gasteiger partial charge in [-0.1, -0.05) is 95.9 Å².